The molecule has 75 heavy (non-hydrogen) atoms. The Morgan fingerprint density at radius 2 is 0.987 bits per heavy atom. The van der Waals surface area contributed by atoms with Crippen LogP contribution in [0, 0.1) is 0 Å². The second kappa shape index (κ2) is 16.9. The highest BCUT2D eigenvalue weighted by Gasteiger charge is 2.34. The number of rotatable bonds is 8. The van der Waals surface area contributed by atoms with E-state index in [0.717, 1.165) is 50.8 Å². The Morgan fingerprint density at radius 1 is 0.373 bits per heavy atom. The van der Waals surface area contributed by atoms with Gasteiger partial charge in [-0.05, 0) is 111 Å². The second-order valence-electron chi connectivity index (χ2n) is 20.4. The van der Waals surface area contributed by atoms with Gasteiger partial charge in [0.25, 0.3) is 0 Å². The summed E-state index contributed by atoms with van der Waals surface area (Å²) in [6.45, 7) is 4.75. The molecule has 0 atom stereocenters. The second-order valence-corrected chi connectivity index (χ2v) is 21.4. The van der Waals surface area contributed by atoms with E-state index in [4.69, 9.17) is 0 Å². The molecule has 0 saturated heterocycles. The summed E-state index contributed by atoms with van der Waals surface area (Å²) in [5, 5.41) is 10.0. The van der Waals surface area contributed by atoms with Crippen LogP contribution in [0.4, 0.5) is 34.1 Å². The molecule has 0 bridgehead atoms. The van der Waals surface area contributed by atoms with Gasteiger partial charge in [-0.15, -0.1) is 11.3 Å². The van der Waals surface area contributed by atoms with E-state index in [9.17, 15) is 0 Å². The summed E-state index contributed by atoms with van der Waals surface area (Å²) in [7, 11) is 0. The largest absolute Gasteiger partial charge is 0.310 e. The fourth-order valence-corrected chi connectivity index (χ4v) is 13.8. The lowest BCUT2D eigenvalue weighted by molar-refractivity contribution is 0.645. The van der Waals surface area contributed by atoms with Crippen molar-refractivity contribution in [1.29, 1.82) is 0 Å². The van der Waals surface area contributed by atoms with Crippen LogP contribution in [0.5, 0.6) is 0 Å². The van der Waals surface area contributed by atoms with Gasteiger partial charge in [-0.3, -0.25) is 0 Å². The van der Waals surface area contributed by atoms with Crippen LogP contribution < -0.4 is 9.80 Å². The Balaban J connectivity index is 0.957. The van der Waals surface area contributed by atoms with Crippen LogP contribution in [0.25, 0.3) is 91.5 Å². The van der Waals surface area contributed by atoms with Crippen molar-refractivity contribution in [3.05, 3.63) is 272 Å². The van der Waals surface area contributed by atoms with E-state index < -0.39 is 0 Å². The molecule has 12 aromatic carbocycles. The van der Waals surface area contributed by atoms with Gasteiger partial charge < -0.3 is 14.4 Å². The van der Waals surface area contributed by atoms with E-state index in [1.54, 1.807) is 0 Å². The number of para-hydroxylation sites is 3. The van der Waals surface area contributed by atoms with Crippen LogP contribution >= 0.6 is 11.3 Å². The minimum atomic E-state index is -0.159. The number of thiophene rings is 1. The van der Waals surface area contributed by atoms with E-state index >= 15 is 0 Å². The third-order valence-electron chi connectivity index (χ3n) is 15.9. The van der Waals surface area contributed by atoms with Crippen molar-refractivity contribution >= 4 is 109 Å². The van der Waals surface area contributed by atoms with E-state index in [2.05, 4.69) is 289 Å². The van der Waals surface area contributed by atoms with Gasteiger partial charge in [0, 0.05) is 65.1 Å². The number of aromatic nitrogens is 1. The Hall–Kier alpha value is -9.22. The van der Waals surface area contributed by atoms with Crippen LogP contribution in [-0.4, -0.2) is 4.57 Å². The van der Waals surface area contributed by atoms with Crippen LogP contribution in [0.15, 0.2) is 261 Å². The maximum absolute atomic E-state index is 2.55. The Morgan fingerprint density at radius 3 is 1.84 bits per heavy atom. The van der Waals surface area contributed by atoms with Crippen molar-refractivity contribution in [2.24, 2.45) is 0 Å². The zero-order valence-corrected chi connectivity index (χ0v) is 42.4. The average Bonchev–Trinajstić information content (AvgIpc) is 4.03. The highest BCUT2D eigenvalue weighted by atomic mass is 32.1. The molecule has 0 spiro atoms. The molecule has 1 aliphatic carbocycles. The molecule has 3 nitrogen and oxygen atoms in total. The first-order chi connectivity index (χ1) is 37.0. The Kier molecular flexibility index (Phi) is 9.79. The van der Waals surface area contributed by atoms with Crippen molar-refractivity contribution in [2.75, 3.05) is 9.80 Å². The molecule has 0 unspecified atom stereocenters. The number of hydrogen-bond donors (Lipinski definition) is 0. The van der Waals surface area contributed by atoms with Crippen LogP contribution in [0.1, 0.15) is 25.0 Å². The molecule has 1 aliphatic rings. The first kappa shape index (κ1) is 43.4. The van der Waals surface area contributed by atoms with E-state index in [1.807, 2.05) is 11.3 Å². The molecular weight excluding hydrogens is 927 g/mol. The molecule has 0 fully saturated rings. The van der Waals surface area contributed by atoms with E-state index in [-0.39, 0.29) is 5.41 Å². The lowest BCUT2D eigenvalue weighted by Crippen LogP contribution is -2.24. The molecule has 4 heteroatoms. The molecule has 0 saturated carbocycles. The number of hydrogen-bond acceptors (Lipinski definition) is 3. The minimum absolute atomic E-state index is 0.159. The van der Waals surface area contributed by atoms with Crippen molar-refractivity contribution in [2.45, 2.75) is 19.3 Å². The van der Waals surface area contributed by atoms with Gasteiger partial charge in [-0.1, -0.05) is 202 Å². The fourth-order valence-electron chi connectivity index (χ4n) is 12.6. The van der Waals surface area contributed by atoms with Gasteiger partial charge in [0.15, 0.2) is 0 Å². The highest BCUT2D eigenvalue weighted by molar-refractivity contribution is 7.26. The van der Waals surface area contributed by atoms with Crippen molar-refractivity contribution < 1.29 is 0 Å². The number of nitrogens with zero attached hydrogens (tertiary/aromatic N) is 3. The van der Waals surface area contributed by atoms with Gasteiger partial charge in [0.1, 0.15) is 0 Å². The molecule has 14 aromatic rings. The smallest absolute Gasteiger partial charge is 0.0720 e. The van der Waals surface area contributed by atoms with E-state index in [1.165, 1.54) is 85.9 Å². The quantitative estimate of drug-likeness (QED) is 0.150. The van der Waals surface area contributed by atoms with Crippen molar-refractivity contribution in [3.8, 4) is 27.9 Å². The molecule has 0 amide bonds. The van der Waals surface area contributed by atoms with Crippen molar-refractivity contribution in [1.82, 2.24) is 4.57 Å². The first-order valence-corrected chi connectivity index (χ1v) is 26.7. The number of anilines is 6. The maximum Gasteiger partial charge on any atom is 0.0720 e. The highest BCUT2D eigenvalue weighted by Crippen LogP contribution is 2.53. The van der Waals surface area contributed by atoms with Gasteiger partial charge in [0.05, 0.1) is 38.5 Å². The Bertz CT molecular complexity index is 4580. The summed E-state index contributed by atoms with van der Waals surface area (Å²) < 4.78 is 5.13. The average molecular weight is 976 g/mol. The zero-order chi connectivity index (χ0) is 49.8. The molecule has 354 valence electrons. The topological polar surface area (TPSA) is 11.4 Å². The molecule has 0 N–H and O–H groups in total. The van der Waals surface area contributed by atoms with Crippen molar-refractivity contribution in [3.63, 3.8) is 0 Å². The SMILES string of the molecule is CC1(C)c2ccccc2-c2ccc(N(c3ccccc3)c3cccc(-c4ccccc4N(c4ccccc4)c4cccc5c4c4ccc6c7ccccc7sc6c4n5-c4cccc5ccccc45)c3)c3cccc1c23. The normalized spacial score (nSPS) is 12.8. The van der Waals surface area contributed by atoms with Gasteiger partial charge in [-0.2, -0.15) is 0 Å². The van der Waals surface area contributed by atoms with Crippen LogP contribution in [0.2, 0.25) is 0 Å². The minimum Gasteiger partial charge on any atom is -0.310 e. The molecule has 2 aromatic heterocycles. The monoisotopic (exact) mass is 975 g/mol. The molecular formula is C71H49N3S. The summed E-state index contributed by atoms with van der Waals surface area (Å²) in [6.07, 6.45) is 0. The third kappa shape index (κ3) is 6.59. The third-order valence-corrected chi connectivity index (χ3v) is 17.1. The zero-order valence-electron chi connectivity index (χ0n) is 41.6. The summed E-state index contributed by atoms with van der Waals surface area (Å²) in [5.74, 6) is 0. The predicted molar refractivity (Wildman–Crippen MR) is 321 cm³/mol. The summed E-state index contributed by atoms with van der Waals surface area (Å²) in [4.78, 5) is 4.95. The van der Waals surface area contributed by atoms with E-state index in [0.29, 0.717) is 0 Å². The Labute approximate surface area is 440 Å². The fraction of sp³-hybridized carbons (Fsp3) is 0.0423. The van der Waals surface area contributed by atoms with Crippen LogP contribution in [-0.2, 0) is 5.41 Å². The predicted octanol–water partition coefficient (Wildman–Crippen LogP) is 20.4. The summed E-state index contributed by atoms with van der Waals surface area (Å²) >= 11 is 1.89. The first-order valence-electron chi connectivity index (χ1n) is 25.9. The van der Waals surface area contributed by atoms with Crippen LogP contribution in [0.3, 0.4) is 0 Å². The number of benzene rings is 12. The molecule has 2 heterocycles. The molecule has 15 rings (SSSR count). The molecule has 0 aliphatic heterocycles. The summed E-state index contributed by atoms with van der Waals surface area (Å²) in [5.41, 5.74) is 17.6. The summed E-state index contributed by atoms with van der Waals surface area (Å²) in [6, 6.07) is 96.4. The maximum atomic E-state index is 2.55. The van der Waals surface area contributed by atoms with Gasteiger partial charge in [-0.25, -0.2) is 0 Å². The standard InChI is InChI=1S/C71H49N3S/c1-71(2)59-34-14-11-31-53(59)55-43-44-63(57-33-19-35-60(71)67(55)57)72(48-24-5-3-6-25-48)50-28-17-23-47(45-50)52-30-12-15-36-61(52)73(49-26-7-4-8-27-49)64-38-20-39-65-68(64)58-42-41-56-54-32-13-16-40-66(54)75-70(56)69(58)74(65)62-37-18-22-46-21-9-10-29-51(46)62/h3-45H,1-2H3. The molecule has 0 radical (unpaired) electrons. The van der Waals surface area contributed by atoms with Gasteiger partial charge in [0.2, 0.25) is 0 Å². The number of fused-ring (bicyclic) bond motifs is 10. The lowest BCUT2D eigenvalue weighted by atomic mass is 9.68. The lowest BCUT2D eigenvalue weighted by Gasteiger charge is -2.36. The van der Waals surface area contributed by atoms with Gasteiger partial charge >= 0.3 is 0 Å².